The molecule has 2 N–H and O–H groups in total. The largest absolute Gasteiger partial charge is 0.387 e. The van der Waals surface area contributed by atoms with Crippen LogP contribution in [-0.2, 0) is 0 Å². The second-order valence-corrected chi connectivity index (χ2v) is 6.85. The van der Waals surface area contributed by atoms with E-state index in [2.05, 4.69) is 16.8 Å². The summed E-state index contributed by atoms with van der Waals surface area (Å²) in [6.45, 7) is 1.97. The van der Waals surface area contributed by atoms with Crippen molar-refractivity contribution in [3.63, 3.8) is 0 Å². The van der Waals surface area contributed by atoms with Crippen molar-refractivity contribution in [1.82, 2.24) is 5.32 Å². The fourth-order valence-corrected chi connectivity index (χ4v) is 3.37. The smallest absolute Gasteiger partial charge is 0.251 e. The van der Waals surface area contributed by atoms with Gasteiger partial charge in [0.25, 0.3) is 5.91 Å². The van der Waals surface area contributed by atoms with Gasteiger partial charge in [-0.25, -0.2) is 0 Å². The Balaban J connectivity index is 1.97. The molecule has 2 rings (SSSR count). The van der Waals surface area contributed by atoms with Crippen LogP contribution < -0.4 is 5.32 Å². The lowest BCUT2D eigenvalue weighted by atomic mass is 10.1. The van der Waals surface area contributed by atoms with Crippen LogP contribution in [0.2, 0.25) is 0 Å². The van der Waals surface area contributed by atoms with E-state index in [1.54, 1.807) is 30.0 Å². The quantitative estimate of drug-likeness (QED) is 0.858. The zero-order valence-electron chi connectivity index (χ0n) is 12.1. The molecule has 0 bridgehead atoms. The van der Waals surface area contributed by atoms with Crippen LogP contribution in [0.4, 0.5) is 0 Å². The molecule has 5 heteroatoms. The number of hydrogen-bond donors (Lipinski definition) is 2. The Kier molecular flexibility index (Phi) is 5.45. The summed E-state index contributed by atoms with van der Waals surface area (Å²) in [5.41, 5.74) is 1.98. The fourth-order valence-electron chi connectivity index (χ4n) is 1.98. The van der Waals surface area contributed by atoms with Gasteiger partial charge in [-0.3, -0.25) is 4.79 Å². The number of nitrogens with one attached hydrogen (secondary N) is 1. The van der Waals surface area contributed by atoms with Crippen LogP contribution in [0.1, 0.15) is 17.3 Å². The van der Waals surface area contributed by atoms with Gasteiger partial charge in [0, 0.05) is 17.9 Å². The van der Waals surface area contributed by atoms with Crippen molar-refractivity contribution in [2.75, 3.05) is 18.6 Å². The Bertz CT molecular complexity index is 577. The summed E-state index contributed by atoms with van der Waals surface area (Å²) in [4.78, 5) is 12.1. The maximum atomic E-state index is 12.1. The third-order valence-electron chi connectivity index (χ3n) is 3.09. The van der Waals surface area contributed by atoms with Gasteiger partial charge >= 0.3 is 0 Å². The van der Waals surface area contributed by atoms with Crippen molar-refractivity contribution < 1.29 is 9.90 Å². The number of thioether (sulfide) groups is 1. The number of amides is 1. The molecule has 1 heterocycles. The van der Waals surface area contributed by atoms with E-state index in [4.69, 9.17) is 0 Å². The van der Waals surface area contributed by atoms with Gasteiger partial charge in [-0.2, -0.15) is 23.1 Å². The summed E-state index contributed by atoms with van der Waals surface area (Å²) in [6.07, 6.45) is 1.93. The first kappa shape index (κ1) is 16.1. The molecule has 0 spiro atoms. The molecule has 0 aliphatic carbocycles. The standard InChI is InChI=1S/C16H19NO2S2/c1-16(19,11-20-2)10-17-15(18)13-5-3-12(4-6-13)14-7-8-21-9-14/h3-9,19H,10-11H2,1-2H3,(H,17,18)/t16-/m1/s1. The van der Waals surface area contributed by atoms with Crippen molar-refractivity contribution in [2.45, 2.75) is 12.5 Å². The highest BCUT2D eigenvalue weighted by Crippen LogP contribution is 2.22. The summed E-state index contributed by atoms with van der Waals surface area (Å²) in [7, 11) is 0. The summed E-state index contributed by atoms with van der Waals surface area (Å²) in [5, 5.41) is 16.9. The van der Waals surface area contributed by atoms with Crippen LogP contribution >= 0.6 is 23.1 Å². The van der Waals surface area contributed by atoms with Crippen molar-refractivity contribution >= 4 is 29.0 Å². The van der Waals surface area contributed by atoms with Crippen LogP contribution in [-0.4, -0.2) is 35.2 Å². The number of carbonyl (C=O) groups is 1. The van der Waals surface area contributed by atoms with Gasteiger partial charge in [0.1, 0.15) is 0 Å². The number of rotatable bonds is 6. The zero-order valence-corrected chi connectivity index (χ0v) is 13.8. The molecule has 0 saturated carbocycles. The van der Waals surface area contributed by atoms with E-state index >= 15 is 0 Å². The van der Waals surface area contributed by atoms with Gasteiger partial charge < -0.3 is 10.4 Å². The Hall–Kier alpha value is -1.30. The van der Waals surface area contributed by atoms with Gasteiger partial charge in [-0.1, -0.05) is 12.1 Å². The van der Waals surface area contributed by atoms with Gasteiger partial charge in [0.15, 0.2) is 0 Å². The van der Waals surface area contributed by atoms with Gasteiger partial charge in [-0.15, -0.1) is 0 Å². The average molecular weight is 321 g/mol. The maximum Gasteiger partial charge on any atom is 0.251 e. The molecule has 112 valence electrons. The molecule has 0 saturated heterocycles. The van der Waals surface area contributed by atoms with E-state index in [1.165, 1.54) is 0 Å². The van der Waals surface area contributed by atoms with Gasteiger partial charge in [0.05, 0.1) is 5.60 Å². The lowest BCUT2D eigenvalue weighted by molar-refractivity contribution is 0.0725. The lowest BCUT2D eigenvalue weighted by Crippen LogP contribution is -2.42. The SMILES string of the molecule is CSC[C@](C)(O)CNC(=O)c1ccc(-c2ccsc2)cc1. The predicted octanol–water partition coefficient (Wildman–Crippen LogP) is 3.26. The molecule has 0 aliphatic rings. The number of benzene rings is 1. The Morgan fingerprint density at radius 3 is 2.57 bits per heavy atom. The Morgan fingerprint density at radius 1 is 1.29 bits per heavy atom. The molecule has 0 fully saturated rings. The first-order chi connectivity index (χ1) is 10.0. The molecule has 1 aromatic carbocycles. The lowest BCUT2D eigenvalue weighted by Gasteiger charge is -2.22. The van der Waals surface area contributed by atoms with E-state index in [0.29, 0.717) is 11.3 Å². The molecule has 21 heavy (non-hydrogen) atoms. The third kappa shape index (κ3) is 4.59. The molecule has 1 amide bonds. The molecule has 2 aromatic rings. The first-order valence-electron chi connectivity index (χ1n) is 6.64. The minimum absolute atomic E-state index is 0.159. The van der Waals surface area contributed by atoms with E-state index in [0.717, 1.165) is 11.1 Å². The highest BCUT2D eigenvalue weighted by molar-refractivity contribution is 7.98. The van der Waals surface area contributed by atoms with Crippen LogP contribution in [0.15, 0.2) is 41.1 Å². The number of hydrogen-bond acceptors (Lipinski definition) is 4. The molecule has 0 aliphatic heterocycles. The van der Waals surface area contributed by atoms with Crippen LogP contribution in [0.5, 0.6) is 0 Å². The van der Waals surface area contributed by atoms with Crippen molar-refractivity contribution in [2.24, 2.45) is 0 Å². The molecular formula is C16H19NO2S2. The topological polar surface area (TPSA) is 49.3 Å². The van der Waals surface area contributed by atoms with Crippen LogP contribution in [0.25, 0.3) is 11.1 Å². The van der Waals surface area contributed by atoms with Crippen LogP contribution in [0, 0.1) is 0 Å². The van der Waals surface area contributed by atoms with Crippen LogP contribution in [0.3, 0.4) is 0 Å². The second kappa shape index (κ2) is 7.11. The molecule has 1 aromatic heterocycles. The van der Waals surface area contributed by atoms with Crippen molar-refractivity contribution in [1.29, 1.82) is 0 Å². The molecule has 3 nitrogen and oxygen atoms in total. The number of aliphatic hydroxyl groups is 1. The predicted molar refractivity (Wildman–Crippen MR) is 91.1 cm³/mol. The minimum atomic E-state index is -0.883. The molecule has 0 radical (unpaired) electrons. The Morgan fingerprint density at radius 2 is 2.00 bits per heavy atom. The van der Waals surface area contributed by atoms with E-state index in [9.17, 15) is 9.90 Å². The second-order valence-electron chi connectivity index (χ2n) is 5.20. The molecular weight excluding hydrogens is 302 g/mol. The summed E-state index contributed by atoms with van der Waals surface area (Å²) >= 11 is 3.21. The summed E-state index contributed by atoms with van der Waals surface area (Å²) in [5.74, 6) is 0.429. The Labute approximate surface area is 133 Å². The van der Waals surface area contributed by atoms with E-state index < -0.39 is 5.60 Å². The number of carbonyl (C=O) groups excluding carboxylic acids is 1. The molecule has 0 unspecified atom stereocenters. The van der Waals surface area contributed by atoms with Crippen molar-refractivity contribution in [3.8, 4) is 11.1 Å². The van der Waals surface area contributed by atoms with Gasteiger partial charge in [-0.05, 0) is 53.3 Å². The number of thiophene rings is 1. The fraction of sp³-hybridized carbons (Fsp3) is 0.312. The summed E-state index contributed by atoms with van der Waals surface area (Å²) < 4.78 is 0. The van der Waals surface area contributed by atoms with Crippen molar-refractivity contribution in [3.05, 3.63) is 46.7 Å². The third-order valence-corrected chi connectivity index (χ3v) is 4.68. The monoisotopic (exact) mass is 321 g/mol. The minimum Gasteiger partial charge on any atom is -0.387 e. The van der Waals surface area contributed by atoms with E-state index in [-0.39, 0.29) is 12.5 Å². The highest BCUT2D eigenvalue weighted by atomic mass is 32.2. The maximum absolute atomic E-state index is 12.1. The average Bonchev–Trinajstić information content (AvgIpc) is 2.99. The first-order valence-corrected chi connectivity index (χ1v) is 8.98. The van der Waals surface area contributed by atoms with Gasteiger partial charge in [0.2, 0.25) is 0 Å². The highest BCUT2D eigenvalue weighted by Gasteiger charge is 2.20. The van der Waals surface area contributed by atoms with E-state index in [1.807, 2.05) is 35.9 Å². The zero-order chi connectivity index (χ0) is 15.3. The summed E-state index contributed by atoms with van der Waals surface area (Å²) in [6, 6.07) is 9.56. The normalized spacial score (nSPS) is 13.7. The molecule has 1 atom stereocenters.